The van der Waals surface area contributed by atoms with Crippen molar-refractivity contribution in [1.29, 1.82) is 0 Å². The Bertz CT molecular complexity index is 859. The van der Waals surface area contributed by atoms with Crippen LogP contribution in [0.4, 0.5) is 0 Å². The lowest BCUT2D eigenvalue weighted by molar-refractivity contribution is -0.129. The third kappa shape index (κ3) is 5.09. The van der Waals surface area contributed by atoms with Crippen LogP contribution in [0, 0.1) is 0 Å². The number of nitrogens with zero attached hydrogens (tertiary/aromatic N) is 2. The van der Waals surface area contributed by atoms with Gasteiger partial charge in [0.2, 0.25) is 5.91 Å². The van der Waals surface area contributed by atoms with Crippen molar-refractivity contribution in [1.82, 2.24) is 9.21 Å². The zero-order valence-corrected chi connectivity index (χ0v) is 17.0. The minimum absolute atomic E-state index is 0.0568. The van der Waals surface area contributed by atoms with E-state index in [-0.39, 0.29) is 12.3 Å². The van der Waals surface area contributed by atoms with Crippen LogP contribution in [0.15, 0.2) is 46.7 Å². The summed E-state index contributed by atoms with van der Waals surface area (Å²) in [6, 6.07) is 12.8. The Kier molecular flexibility index (Phi) is 6.51. The second kappa shape index (κ2) is 8.86. The molecule has 1 fully saturated rings. The van der Waals surface area contributed by atoms with Gasteiger partial charge in [-0.05, 0) is 37.1 Å². The molecule has 1 aliphatic rings. The summed E-state index contributed by atoms with van der Waals surface area (Å²) in [6.07, 6.45) is 2.01. The monoisotopic (exact) mass is 408 g/mol. The number of hydrogen-bond acceptors (Lipinski definition) is 5. The summed E-state index contributed by atoms with van der Waals surface area (Å²) in [6.45, 7) is 2.04. The second-order valence-electron chi connectivity index (χ2n) is 6.49. The van der Waals surface area contributed by atoms with E-state index >= 15 is 0 Å². The molecule has 0 unspecified atom stereocenters. The van der Waals surface area contributed by atoms with Crippen molar-refractivity contribution in [2.75, 3.05) is 33.3 Å². The van der Waals surface area contributed by atoms with Crippen LogP contribution < -0.4 is 4.74 Å². The van der Waals surface area contributed by atoms with E-state index in [1.54, 1.807) is 24.1 Å². The molecule has 2 aromatic rings. The number of ether oxygens (including phenoxy) is 1. The van der Waals surface area contributed by atoms with Gasteiger partial charge in [0, 0.05) is 25.0 Å². The summed E-state index contributed by atoms with van der Waals surface area (Å²) in [5, 5.41) is 0. The number of benzene rings is 1. The second-order valence-corrected chi connectivity index (χ2v) is 9.82. The summed E-state index contributed by atoms with van der Waals surface area (Å²) in [7, 11) is -1.68. The lowest BCUT2D eigenvalue weighted by Gasteiger charge is -2.17. The summed E-state index contributed by atoms with van der Waals surface area (Å²) in [5.41, 5.74) is 0. The van der Waals surface area contributed by atoms with Crippen LogP contribution in [0.3, 0.4) is 0 Å². The molecule has 146 valence electrons. The van der Waals surface area contributed by atoms with Crippen LogP contribution in [0.5, 0.6) is 5.75 Å². The highest BCUT2D eigenvalue weighted by Gasteiger charge is 2.28. The van der Waals surface area contributed by atoms with Crippen molar-refractivity contribution in [3.63, 3.8) is 0 Å². The van der Waals surface area contributed by atoms with Crippen LogP contribution in [-0.2, 0) is 21.2 Å². The first kappa shape index (κ1) is 19.9. The molecule has 0 atom stereocenters. The molecule has 3 rings (SSSR count). The summed E-state index contributed by atoms with van der Waals surface area (Å²) in [5.74, 6) is 0.715. The number of amides is 1. The van der Waals surface area contributed by atoms with Gasteiger partial charge in [0.15, 0.2) is 0 Å². The van der Waals surface area contributed by atoms with Gasteiger partial charge in [-0.3, -0.25) is 4.79 Å². The molecule has 0 aliphatic carbocycles. The molecule has 0 bridgehead atoms. The van der Waals surface area contributed by atoms with Crippen molar-refractivity contribution in [3.8, 4) is 5.75 Å². The van der Waals surface area contributed by atoms with E-state index in [0.717, 1.165) is 23.5 Å². The van der Waals surface area contributed by atoms with Gasteiger partial charge in [-0.25, -0.2) is 8.42 Å². The van der Waals surface area contributed by atoms with E-state index in [1.807, 2.05) is 30.3 Å². The molecule has 1 aliphatic heterocycles. The Morgan fingerprint density at radius 3 is 2.56 bits per heavy atom. The Morgan fingerprint density at radius 1 is 1.15 bits per heavy atom. The highest BCUT2D eigenvalue weighted by molar-refractivity contribution is 7.91. The first-order valence-electron chi connectivity index (χ1n) is 8.97. The lowest BCUT2D eigenvalue weighted by atomic mass is 10.3. The van der Waals surface area contributed by atoms with Crippen LogP contribution >= 0.6 is 11.3 Å². The SMILES string of the molecule is CN(CCOc1ccccc1)C(=O)Cc1ccc(S(=O)(=O)N2CCCC2)s1. The van der Waals surface area contributed by atoms with Crippen LogP contribution in [0.2, 0.25) is 0 Å². The number of likely N-dealkylation sites (N-methyl/N-ethyl adjacent to an activating group) is 1. The lowest BCUT2D eigenvalue weighted by Crippen LogP contribution is -2.31. The van der Waals surface area contributed by atoms with E-state index < -0.39 is 10.0 Å². The van der Waals surface area contributed by atoms with E-state index in [2.05, 4.69) is 0 Å². The topological polar surface area (TPSA) is 66.9 Å². The van der Waals surface area contributed by atoms with E-state index in [1.165, 1.54) is 15.6 Å². The fourth-order valence-electron chi connectivity index (χ4n) is 2.87. The van der Waals surface area contributed by atoms with Crippen LogP contribution in [0.1, 0.15) is 17.7 Å². The Morgan fingerprint density at radius 2 is 1.85 bits per heavy atom. The molecule has 1 aromatic heterocycles. The normalized spacial score (nSPS) is 15.0. The number of carbonyl (C=O) groups excluding carboxylic acids is 1. The standard InChI is InChI=1S/C19H24N2O4S2/c1-20(13-14-25-16-7-3-2-4-8-16)18(22)15-17-9-10-19(26-17)27(23,24)21-11-5-6-12-21/h2-4,7-10H,5-6,11-15H2,1H3. The van der Waals surface area contributed by atoms with E-state index in [0.29, 0.717) is 30.5 Å². The maximum atomic E-state index is 12.6. The predicted molar refractivity (Wildman–Crippen MR) is 106 cm³/mol. The Labute approximate surface area is 164 Å². The molecule has 0 spiro atoms. The Hall–Kier alpha value is -1.90. The third-order valence-corrected chi connectivity index (χ3v) is 7.94. The first-order chi connectivity index (χ1) is 13.0. The number of thiophene rings is 1. The molecule has 1 aromatic carbocycles. The average Bonchev–Trinajstić information content (AvgIpc) is 3.35. The number of sulfonamides is 1. The Balaban J connectivity index is 1.51. The van der Waals surface area contributed by atoms with E-state index in [4.69, 9.17) is 4.74 Å². The molecular weight excluding hydrogens is 384 g/mol. The van der Waals surface area contributed by atoms with E-state index in [9.17, 15) is 13.2 Å². The molecule has 8 heteroatoms. The number of hydrogen-bond donors (Lipinski definition) is 0. The minimum Gasteiger partial charge on any atom is -0.492 e. The number of para-hydroxylation sites is 1. The molecular formula is C19H24N2O4S2. The summed E-state index contributed by atoms with van der Waals surface area (Å²) in [4.78, 5) is 14.8. The highest BCUT2D eigenvalue weighted by atomic mass is 32.2. The average molecular weight is 409 g/mol. The predicted octanol–water partition coefficient (Wildman–Crippen LogP) is 2.61. The number of rotatable bonds is 8. The molecule has 1 saturated heterocycles. The van der Waals surface area contributed by atoms with Gasteiger partial charge in [0.1, 0.15) is 16.6 Å². The summed E-state index contributed by atoms with van der Waals surface area (Å²) >= 11 is 1.18. The molecule has 0 N–H and O–H groups in total. The molecule has 2 heterocycles. The van der Waals surface area contributed by atoms with Crippen molar-refractivity contribution < 1.29 is 17.9 Å². The maximum absolute atomic E-state index is 12.6. The van der Waals surface area contributed by atoms with Crippen molar-refractivity contribution in [2.24, 2.45) is 0 Å². The van der Waals surface area contributed by atoms with Crippen molar-refractivity contribution in [3.05, 3.63) is 47.3 Å². The van der Waals surface area contributed by atoms with Gasteiger partial charge < -0.3 is 9.64 Å². The quantitative estimate of drug-likeness (QED) is 0.673. The van der Waals surface area contributed by atoms with Gasteiger partial charge in [-0.2, -0.15) is 4.31 Å². The summed E-state index contributed by atoms with van der Waals surface area (Å²) < 4.78 is 32.6. The van der Waals surface area contributed by atoms with Gasteiger partial charge in [-0.15, -0.1) is 11.3 Å². The van der Waals surface area contributed by atoms with Gasteiger partial charge in [0.05, 0.1) is 13.0 Å². The van der Waals surface area contributed by atoms with Crippen molar-refractivity contribution in [2.45, 2.75) is 23.5 Å². The van der Waals surface area contributed by atoms with Crippen molar-refractivity contribution >= 4 is 27.3 Å². The first-order valence-corrected chi connectivity index (χ1v) is 11.2. The highest BCUT2D eigenvalue weighted by Crippen LogP contribution is 2.27. The van der Waals surface area contributed by atoms with Gasteiger partial charge in [0.25, 0.3) is 10.0 Å². The smallest absolute Gasteiger partial charge is 0.252 e. The van der Waals surface area contributed by atoms with Crippen LogP contribution in [-0.4, -0.2) is 56.8 Å². The maximum Gasteiger partial charge on any atom is 0.252 e. The fraction of sp³-hybridized carbons (Fsp3) is 0.421. The van der Waals surface area contributed by atoms with Gasteiger partial charge in [-0.1, -0.05) is 18.2 Å². The largest absolute Gasteiger partial charge is 0.492 e. The molecule has 27 heavy (non-hydrogen) atoms. The molecule has 6 nitrogen and oxygen atoms in total. The molecule has 0 saturated carbocycles. The molecule has 1 amide bonds. The fourth-order valence-corrected chi connectivity index (χ4v) is 5.89. The minimum atomic E-state index is -3.41. The third-order valence-electron chi connectivity index (χ3n) is 4.49. The van der Waals surface area contributed by atoms with Crippen LogP contribution in [0.25, 0.3) is 0 Å². The zero-order valence-electron chi connectivity index (χ0n) is 15.3. The number of carbonyl (C=O) groups is 1. The molecule has 0 radical (unpaired) electrons. The zero-order chi connectivity index (χ0) is 19.3. The van der Waals surface area contributed by atoms with Gasteiger partial charge >= 0.3 is 0 Å².